The van der Waals surface area contributed by atoms with Crippen molar-refractivity contribution in [1.82, 2.24) is 9.97 Å². The van der Waals surface area contributed by atoms with Crippen LogP contribution in [-0.4, -0.2) is 17.1 Å². The Bertz CT molecular complexity index is 1040. The molecule has 4 rings (SSSR count). The van der Waals surface area contributed by atoms with E-state index in [0.29, 0.717) is 45.4 Å². The van der Waals surface area contributed by atoms with Gasteiger partial charge in [0.05, 0.1) is 19.0 Å². The highest BCUT2D eigenvalue weighted by atomic mass is 16.5. The van der Waals surface area contributed by atoms with Crippen LogP contribution >= 0.6 is 0 Å². The van der Waals surface area contributed by atoms with Crippen LogP contribution in [-0.2, 0) is 6.61 Å². The number of pyridine rings is 2. The quantitative estimate of drug-likeness (QED) is 0.407. The molecule has 0 atom stereocenters. The van der Waals surface area contributed by atoms with Gasteiger partial charge in [-0.1, -0.05) is 0 Å². The number of nitrogens with zero attached hydrogens (tertiary/aromatic N) is 3. The van der Waals surface area contributed by atoms with E-state index in [-0.39, 0.29) is 0 Å². The second-order valence-electron chi connectivity index (χ2n) is 5.58. The highest BCUT2D eigenvalue weighted by Gasteiger charge is 2.11. The molecule has 26 heavy (non-hydrogen) atoms. The van der Waals surface area contributed by atoms with E-state index in [2.05, 4.69) is 9.97 Å². The minimum atomic E-state index is 0.328. The van der Waals surface area contributed by atoms with Crippen molar-refractivity contribution in [2.75, 3.05) is 7.11 Å². The SMILES string of the molecule is COc1ccc(COc2ccc3oc(-c4ccc[n+]([O-])c4)nc3c2)nc1. The number of benzene rings is 1. The molecule has 7 heteroatoms. The van der Waals surface area contributed by atoms with Crippen LogP contribution in [0, 0.1) is 5.21 Å². The summed E-state index contributed by atoms with van der Waals surface area (Å²) >= 11 is 0. The van der Waals surface area contributed by atoms with Crippen molar-refractivity contribution in [3.8, 4) is 23.0 Å². The van der Waals surface area contributed by atoms with Crippen molar-refractivity contribution >= 4 is 11.1 Å². The molecule has 0 bridgehead atoms. The molecule has 0 aliphatic rings. The lowest BCUT2D eigenvalue weighted by molar-refractivity contribution is -0.604. The Kier molecular flexibility index (Phi) is 4.10. The molecule has 0 fully saturated rings. The molecule has 0 N–H and O–H groups in total. The summed E-state index contributed by atoms with van der Waals surface area (Å²) in [5.74, 6) is 1.74. The second-order valence-corrected chi connectivity index (χ2v) is 5.58. The van der Waals surface area contributed by atoms with Gasteiger partial charge in [0, 0.05) is 12.1 Å². The molecule has 130 valence electrons. The molecule has 0 saturated heterocycles. The number of oxazole rings is 1. The number of aromatic nitrogens is 3. The van der Waals surface area contributed by atoms with E-state index >= 15 is 0 Å². The summed E-state index contributed by atoms with van der Waals surface area (Å²) < 4.78 is 17.3. The fourth-order valence-corrected chi connectivity index (χ4v) is 2.48. The predicted molar refractivity (Wildman–Crippen MR) is 93.5 cm³/mol. The van der Waals surface area contributed by atoms with E-state index in [1.165, 1.54) is 12.4 Å². The zero-order chi connectivity index (χ0) is 17.9. The van der Waals surface area contributed by atoms with E-state index in [0.717, 1.165) is 5.69 Å². The first-order valence-electron chi connectivity index (χ1n) is 7.93. The molecule has 0 amide bonds. The zero-order valence-electron chi connectivity index (χ0n) is 14.0. The van der Waals surface area contributed by atoms with Gasteiger partial charge in [0.1, 0.15) is 29.2 Å². The number of ether oxygens (including phenoxy) is 2. The lowest BCUT2D eigenvalue weighted by atomic mass is 10.3. The molecule has 7 nitrogen and oxygen atoms in total. The number of fused-ring (bicyclic) bond motifs is 1. The van der Waals surface area contributed by atoms with Gasteiger partial charge in [-0.25, -0.2) is 4.98 Å². The predicted octanol–water partition coefficient (Wildman–Crippen LogP) is 3.11. The second kappa shape index (κ2) is 6.72. The summed E-state index contributed by atoms with van der Waals surface area (Å²) in [7, 11) is 1.60. The van der Waals surface area contributed by atoms with Crippen LogP contribution < -0.4 is 14.2 Å². The summed E-state index contributed by atoms with van der Waals surface area (Å²) in [5, 5.41) is 11.4. The molecule has 1 aromatic carbocycles. The molecular weight excluding hydrogens is 334 g/mol. The molecule has 0 aliphatic heterocycles. The van der Waals surface area contributed by atoms with Gasteiger partial charge in [-0.2, -0.15) is 4.73 Å². The molecule has 3 heterocycles. The smallest absolute Gasteiger partial charge is 0.233 e. The Balaban J connectivity index is 1.53. The van der Waals surface area contributed by atoms with Crippen LogP contribution in [0.4, 0.5) is 0 Å². The van der Waals surface area contributed by atoms with Crippen LogP contribution in [0.15, 0.2) is 65.5 Å². The minimum Gasteiger partial charge on any atom is -0.619 e. The van der Waals surface area contributed by atoms with Crippen LogP contribution in [0.1, 0.15) is 5.69 Å². The van der Waals surface area contributed by atoms with Gasteiger partial charge in [0.25, 0.3) is 0 Å². The fraction of sp³-hybridized carbons (Fsp3) is 0.105. The van der Waals surface area contributed by atoms with E-state index in [1.807, 2.05) is 12.1 Å². The Morgan fingerprint density at radius 3 is 2.81 bits per heavy atom. The topological polar surface area (TPSA) is 84.3 Å². The van der Waals surface area contributed by atoms with E-state index < -0.39 is 0 Å². The molecule has 3 aromatic heterocycles. The highest BCUT2D eigenvalue weighted by Crippen LogP contribution is 2.26. The van der Waals surface area contributed by atoms with Crippen LogP contribution in [0.2, 0.25) is 0 Å². The van der Waals surface area contributed by atoms with Crippen molar-refractivity contribution in [1.29, 1.82) is 0 Å². The molecule has 0 saturated carbocycles. The number of hydrogen-bond acceptors (Lipinski definition) is 6. The lowest BCUT2D eigenvalue weighted by Crippen LogP contribution is -2.23. The minimum absolute atomic E-state index is 0.328. The molecule has 4 aromatic rings. The van der Waals surface area contributed by atoms with Gasteiger partial charge in [-0.05, 0) is 30.3 Å². The average Bonchev–Trinajstić information content (AvgIpc) is 3.10. The first-order chi connectivity index (χ1) is 12.7. The standard InChI is InChI=1S/C19H15N3O4/c1-24-16-5-4-14(20-10-16)12-25-15-6-7-18-17(9-15)21-19(26-18)13-3-2-8-22(23)11-13/h2-11H,12H2,1H3. The zero-order valence-corrected chi connectivity index (χ0v) is 14.0. The van der Waals surface area contributed by atoms with Crippen molar-refractivity contribution in [3.05, 3.63) is 72.0 Å². The maximum atomic E-state index is 11.4. The van der Waals surface area contributed by atoms with Crippen molar-refractivity contribution in [3.63, 3.8) is 0 Å². The number of methoxy groups -OCH3 is 1. The molecule has 0 radical (unpaired) electrons. The van der Waals surface area contributed by atoms with Crippen molar-refractivity contribution in [2.24, 2.45) is 0 Å². The normalized spacial score (nSPS) is 10.8. The Labute approximate surface area is 149 Å². The van der Waals surface area contributed by atoms with Gasteiger partial charge in [-0.3, -0.25) is 4.98 Å². The van der Waals surface area contributed by atoms with Crippen molar-refractivity contribution < 1.29 is 18.6 Å². The van der Waals surface area contributed by atoms with Crippen LogP contribution in [0.3, 0.4) is 0 Å². The first-order valence-corrected chi connectivity index (χ1v) is 7.93. The maximum absolute atomic E-state index is 11.4. The number of hydrogen-bond donors (Lipinski definition) is 0. The fourth-order valence-electron chi connectivity index (χ4n) is 2.48. The summed E-state index contributed by atoms with van der Waals surface area (Å²) in [6, 6.07) is 12.5. The van der Waals surface area contributed by atoms with Crippen LogP contribution in [0.5, 0.6) is 11.5 Å². The van der Waals surface area contributed by atoms with Gasteiger partial charge in [0.15, 0.2) is 18.0 Å². The van der Waals surface area contributed by atoms with E-state index in [4.69, 9.17) is 13.9 Å². The number of rotatable bonds is 5. The van der Waals surface area contributed by atoms with E-state index in [1.54, 1.807) is 43.6 Å². The summed E-state index contributed by atoms with van der Waals surface area (Å²) in [4.78, 5) is 8.69. The molecular formula is C19H15N3O4. The molecule has 0 spiro atoms. The molecule has 0 unspecified atom stereocenters. The van der Waals surface area contributed by atoms with Gasteiger partial charge in [-0.15, -0.1) is 0 Å². The Morgan fingerprint density at radius 2 is 2.04 bits per heavy atom. The average molecular weight is 349 g/mol. The third kappa shape index (κ3) is 3.27. The van der Waals surface area contributed by atoms with Gasteiger partial charge < -0.3 is 19.1 Å². The van der Waals surface area contributed by atoms with Crippen molar-refractivity contribution in [2.45, 2.75) is 6.61 Å². The Morgan fingerprint density at radius 1 is 1.15 bits per heavy atom. The summed E-state index contributed by atoms with van der Waals surface area (Å²) in [6.45, 7) is 0.328. The maximum Gasteiger partial charge on any atom is 0.233 e. The van der Waals surface area contributed by atoms with Gasteiger partial charge in [0.2, 0.25) is 5.89 Å². The largest absolute Gasteiger partial charge is 0.619 e. The third-order valence-electron chi connectivity index (χ3n) is 3.80. The Hall–Kier alpha value is -3.61. The monoisotopic (exact) mass is 349 g/mol. The molecule has 0 aliphatic carbocycles. The van der Waals surface area contributed by atoms with E-state index in [9.17, 15) is 5.21 Å². The third-order valence-corrected chi connectivity index (χ3v) is 3.80. The lowest BCUT2D eigenvalue weighted by Gasteiger charge is -2.06. The summed E-state index contributed by atoms with van der Waals surface area (Å²) in [6.07, 6.45) is 4.47. The van der Waals surface area contributed by atoms with Gasteiger partial charge >= 0.3 is 0 Å². The first kappa shape index (κ1) is 15.9. The highest BCUT2D eigenvalue weighted by molar-refractivity contribution is 5.77. The summed E-state index contributed by atoms with van der Waals surface area (Å²) in [5.41, 5.74) is 2.68. The van der Waals surface area contributed by atoms with Crippen LogP contribution in [0.25, 0.3) is 22.6 Å².